The molecule has 0 radical (unpaired) electrons. The summed E-state index contributed by atoms with van der Waals surface area (Å²) in [6, 6.07) is -9.17. The van der Waals surface area contributed by atoms with Crippen LogP contribution in [0.25, 0.3) is 0 Å². The molecule has 78 heavy (non-hydrogen) atoms. The number of hydrogen-bond donors (Lipinski definition) is 26. The fourth-order valence-corrected chi connectivity index (χ4v) is 7.32. The van der Waals surface area contributed by atoms with Crippen LogP contribution in [0, 0.1) is 27.0 Å². The first-order chi connectivity index (χ1) is 36.9. The summed E-state index contributed by atoms with van der Waals surface area (Å²) in [5, 5.41) is 77.8. The van der Waals surface area contributed by atoms with Gasteiger partial charge in [0.25, 0.3) is 0 Å². The second-order valence-corrected chi connectivity index (χ2v) is 18.1. The van der Waals surface area contributed by atoms with Gasteiger partial charge in [-0.3, -0.25) is 65.4 Å². The van der Waals surface area contributed by atoms with Crippen LogP contribution >= 0.6 is 0 Å². The third-order valence-corrected chi connectivity index (χ3v) is 11.4. The third kappa shape index (κ3) is 34.5. The van der Waals surface area contributed by atoms with E-state index in [0.29, 0.717) is 32.2 Å². The van der Waals surface area contributed by atoms with Crippen molar-refractivity contribution < 1.29 is 43.5 Å². The summed E-state index contributed by atoms with van der Waals surface area (Å²) in [6.45, 7) is 0.334. The number of aliphatic carboxylic acids is 1. The van der Waals surface area contributed by atoms with Gasteiger partial charge >= 0.3 is 5.97 Å². The molecule has 0 aliphatic rings. The second-order valence-electron chi connectivity index (χ2n) is 18.1. The highest BCUT2D eigenvalue weighted by molar-refractivity contribution is 5.97. The molecule has 0 bridgehead atoms. The summed E-state index contributed by atoms with van der Waals surface area (Å²) in [5.41, 5.74) is 44.6. The molecule has 0 unspecified atom stereocenters. The van der Waals surface area contributed by atoms with E-state index >= 15 is 0 Å². The van der Waals surface area contributed by atoms with Gasteiger partial charge < -0.3 is 115 Å². The van der Waals surface area contributed by atoms with Crippen LogP contribution in [-0.4, -0.2) is 177 Å². The predicted octanol–water partition coefficient (Wildman–Crippen LogP) is -8.00. The summed E-state index contributed by atoms with van der Waals surface area (Å²) in [7, 11) is 0. The Morgan fingerprint density at radius 2 is 0.564 bits per heavy atom. The molecular weight excluding hydrogens is 1020 g/mol. The van der Waals surface area contributed by atoms with E-state index in [1.807, 2.05) is 0 Å². The Morgan fingerprint density at radius 1 is 0.333 bits per heavy atom. The number of nitrogens with one attached hydrogen (secondary N) is 17. The van der Waals surface area contributed by atoms with Crippen molar-refractivity contribution in [2.24, 2.45) is 45.9 Å². The van der Waals surface area contributed by atoms with Crippen molar-refractivity contribution in [1.29, 1.82) is 27.0 Å². The molecule has 7 atom stereocenters. The van der Waals surface area contributed by atoms with Crippen LogP contribution in [-0.2, 0) is 38.4 Å². The van der Waals surface area contributed by atoms with Crippen LogP contribution in [0.15, 0.2) is 0 Å². The minimum absolute atomic E-state index is 0.00496. The molecular formula is C44H89N25O9. The van der Waals surface area contributed by atoms with Crippen LogP contribution in [0.3, 0.4) is 0 Å². The first kappa shape index (κ1) is 70.0. The zero-order valence-corrected chi connectivity index (χ0v) is 44.3. The Hall–Kier alpha value is -8.01. The maximum atomic E-state index is 14.5. The van der Waals surface area contributed by atoms with Gasteiger partial charge in [-0.1, -0.05) is 6.42 Å². The standard InChI is InChI=1S/C44H89N25O9/c45-17-3-1-10-25(47)33(72)64-28(13-6-20-59-41(50)51)36(75)67-30(15-8-22-61-43(54)55)38(77)69-31(16-9-23-62-44(56)57)39(78)68-29(14-7-21-60-42(52)53)37(76)66-27(11-2-4-18-46)35(74)65-26(12-5-19-58-40(48)49)34(73)63-24-32(70)71/h25-31H,1-24,45-47H2,(H,63,73)(H,64,72)(H,65,74)(H,66,76)(H,67,75)(H,68,78)(H,69,77)(H,70,71)(H4,48,49,58)(H4,50,51,59)(H4,52,53,60)(H4,54,55,61)(H4,56,57,62)/t25-,26-,27-,28-,29-,30-,31-/m0/s1. The van der Waals surface area contributed by atoms with Crippen LogP contribution in [0.2, 0.25) is 0 Å². The largest absolute Gasteiger partial charge is 0.480 e. The lowest BCUT2D eigenvalue weighted by atomic mass is 10.0. The number of carboxylic acids is 1. The molecule has 0 heterocycles. The molecule has 0 aromatic heterocycles. The number of carbonyl (C=O) groups is 8. The smallest absolute Gasteiger partial charge is 0.322 e. The highest BCUT2D eigenvalue weighted by Crippen LogP contribution is 2.10. The summed E-state index contributed by atoms with van der Waals surface area (Å²) < 4.78 is 0. The van der Waals surface area contributed by atoms with E-state index in [4.69, 9.17) is 78.0 Å². The number of carboxylic acid groups (broad SMARTS) is 1. The van der Waals surface area contributed by atoms with Crippen LogP contribution < -0.4 is 110 Å². The lowest BCUT2D eigenvalue weighted by Crippen LogP contribution is -2.60. The van der Waals surface area contributed by atoms with E-state index in [0.717, 1.165) is 0 Å². The molecule has 0 saturated heterocycles. The van der Waals surface area contributed by atoms with Gasteiger partial charge in [0.15, 0.2) is 29.8 Å². The monoisotopic (exact) mass is 1110 g/mol. The summed E-state index contributed by atoms with van der Waals surface area (Å²) >= 11 is 0. The second kappa shape index (κ2) is 41.2. The molecule has 0 aromatic carbocycles. The average molecular weight is 1110 g/mol. The van der Waals surface area contributed by atoms with E-state index in [9.17, 15) is 38.4 Å². The van der Waals surface area contributed by atoms with E-state index in [-0.39, 0.29) is 146 Å². The molecule has 0 rings (SSSR count). The molecule has 0 aromatic rings. The number of rotatable bonds is 43. The minimum atomic E-state index is -1.45. The van der Waals surface area contributed by atoms with Gasteiger partial charge in [0, 0.05) is 32.7 Å². The van der Waals surface area contributed by atoms with E-state index in [1.54, 1.807) is 0 Å². The molecule has 0 saturated carbocycles. The summed E-state index contributed by atoms with van der Waals surface area (Å²) in [6.07, 6.45) is 2.54. The predicted molar refractivity (Wildman–Crippen MR) is 292 cm³/mol. The maximum absolute atomic E-state index is 14.5. The highest BCUT2D eigenvalue weighted by atomic mass is 16.4. The first-order valence-corrected chi connectivity index (χ1v) is 25.8. The summed E-state index contributed by atoms with van der Waals surface area (Å²) in [5.74, 6) is -8.92. The normalized spacial score (nSPS) is 13.4. The third-order valence-electron chi connectivity index (χ3n) is 11.4. The quantitative estimate of drug-likeness (QED) is 0.0153. The Kier molecular flexibility index (Phi) is 37.0. The van der Waals surface area contributed by atoms with Crippen molar-refractivity contribution in [3.05, 3.63) is 0 Å². The highest BCUT2D eigenvalue weighted by Gasteiger charge is 2.34. The van der Waals surface area contributed by atoms with Gasteiger partial charge in [-0.15, -0.1) is 0 Å². The van der Waals surface area contributed by atoms with Gasteiger partial charge in [-0.05, 0) is 109 Å². The van der Waals surface area contributed by atoms with Crippen molar-refractivity contribution >= 4 is 77.1 Å². The van der Waals surface area contributed by atoms with Gasteiger partial charge in [-0.2, -0.15) is 0 Å². The van der Waals surface area contributed by atoms with Crippen molar-refractivity contribution in [3.63, 3.8) is 0 Å². The zero-order valence-electron chi connectivity index (χ0n) is 44.3. The van der Waals surface area contributed by atoms with E-state index in [1.165, 1.54) is 0 Å². The van der Waals surface area contributed by atoms with E-state index < -0.39 is 96.2 Å². The number of carbonyl (C=O) groups excluding carboxylic acids is 7. The molecule has 34 N–H and O–H groups in total. The number of hydrogen-bond acceptors (Lipinski definition) is 16. The Bertz CT molecular complexity index is 1960. The lowest BCUT2D eigenvalue weighted by molar-refractivity contribution is -0.138. The van der Waals surface area contributed by atoms with Crippen LogP contribution in [0.1, 0.15) is 103 Å². The van der Waals surface area contributed by atoms with Crippen LogP contribution in [0.4, 0.5) is 0 Å². The van der Waals surface area contributed by atoms with Crippen molar-refractivity contribution in [3.8, 4) is 0 Å². The average Bonchev–Trinajstić information content (AvgIpc) is 3.36. The molecule has 444 valence electrons. The zero-order chi connectivity index (χ0) is 59.0. The SMILES string of the molecule is N=C(N)NCCC[C@H](NC(=O)[C@H](CCCCN)NC(=O)[C@H](CCCNC(=N)N)NC(=O)[C@H](CCCNC(=N)N)NC(=O)[C@H](CCCNC(=N)N)NC(=O)[C@H](CCCNC(=N)N)NC(=O)[C@@H](N)CCCCN)C(=O)NCC(=O)O. The first-order valence-electron chi connectivity index (χ1n) is 25.8. The fraction of sp³-hybridized carbons (Fsp3) is 0.705. The van der Waals surface area contributed by atoms with E-state index in [2.05, 4.69) is 63.8 Å². The topological polar surface area (TPSA) is 629 Å². The lowest BCUT2D eigenvalue weighted by Gasteiger charge is -2.28. The number of guanidine groups is 5. The van der Waals surface area contributed by atoms with Crippen molar-refractivity contribution in [2.45, 2.75) is 145 Å². The summed E-state index contributed by atoms with van der Waals surface area (Å²) in [4.78, 5) is 109. The molecule has 34 nitrogen and oxygen atoms in total. The molecule has 0 aliphatic heterocycles. The number of unbranched alkanes of at least 4 members (excludes halogenated alkanes) is 2. The van der Waals surface area contributed by atoms with Crippen molar-refractivity contribution in [2.75, 3.05) is 52.4 Å². The van der Waals surface area contributed by atoms with Crippen LogP contribution in [0.5, 0.6) is 0 Å². The number of nitrogens with two attached hydrogens (primary N) is 8. The maximum Gasteiger partial charge on any atom is 0.322 e. The van der Waals surface area contributed by atoms with Gasteiger partial charge in [-0.25, -0.2) is 0 Å². The van der Waals surface area contributed by atoms with Gasteiger partial charge in [0.2, 0.25) is 41.4 Å². The molecule has 7 amide bonds. The Balaban J connectivity index is 7.11. The van der Waals surface area contributed by atoms with Gasteiger partial charge in [0.05, 0.1) is 6.04 Å². The molecule has 0 spiro atoms. The molecule has 0 fully saturated rings. The minimum Gasteiger partial charge on any atom is -0.480 e. The number of amides is 7. The molecule has 34 heteroatoms. The van der Waals surface area contributed by atoms with Crippen molar-refractivity contribution in [1.82, 2.24) is 63.8 Å². The molecule has 0 aliphatic carbocycles. The fourth-order valence-electron chi connectivity index (χ4n) is 7.32. The Labute approximate surface area is 453 Å². The Morgan fingerprint density at radius 3 is 0.808 bits per heavy atom. The van der Waals surface area contributed by atoms with Gasteiger partial charge in [0.1, 0.15) is 42.8 Å².